The van der Waals surface area contributed by atoms with E-state index in [1.807, 2.05) is 19.6 Å². The zero-order chi connectivity index (χ0) is 17.1. The molecule has 3 rings (SSSR count). The third-order valence-electron chi connectivity index (χ3n) is 4.89. The van der Waals surface area contributed by atoms with Crippen molar-refractivity contribution in [2.75, 3.05) is 38.3 Å². The van der Waals surface area contributed by atoms with Gasteiger partial charge in [-0.3, -0.25) is 14.5 Å². The Morgan fingerprint density at radius 2 is 2.29 bits per heavy atom. The van der Waals surface area contributed by atoms with Crippen LogP contribution in [0.1, 0.15) is 24.6 Å². The molecule has 24 heavy (non-hydrogen) atoms. The van der Waals surface area contributed by atoms with E-state index in [4.69, 9.17) is 0 Å². The van der Waals surface area contributed by atoms with Crippen LogP contribution in [0.25, 0.3) is 0 Å². The molecule has 2 saturated heterocycles. The number of piperidine rings is 1. The lowest BCUT2D eigenvalue weighted by atomic mass is 9.87. The van der Waals surface area contributed by atoms with Crippen molar-refractivity contribution in [2.24, 2.45) is 13.0 Å². The van der Waals surface area contributed by atoms with Gasteiger partial charge in [0.25, 0.3) is 0 Å². The van der Waals surface area contributed by atoms with Crippen LogP contribution in [0.5, 0.6) is 0 Å². The van der Waals surface area contributed by atoms with Crippen LogP contribution >= 0.6 is 11.8 Å². The molecule has 0 spiro atoms. The van der Waals surface area contributed by atoms with Gasteiger partial charge < -0.3 is 14.8 Å². The van der Waals surface area contributed by atoms with Crippen LogP contribution in [-0.2, 0) is 16.6 Å². The van der Waals surface area contributed by atoms with Crippen LogP contribution in [0.3, 0.4) is 0 Å². The molecule has 0 saturated carbocycles. The number of nitrogens with one attached hydrogen (secondary N) is 1. The second-order valence-electron chi connectivity index (χ2n) is 6.63. The van der Waals surface area contributed by atoms with E-state index in [-0.39, 0.29) is 24.4 Å². The number of imidazole rings is 1. The van der Waals surface area contributed by atoms with Gasteiger partial charge in [0.15, 0.2) is 0 Å². The number of aryl methyl sites for hydroxylation is 1. The van der Waals surface area contributed by atoms with Gasteiger partial charge in [0, 0.05) is 19.8 Å². The number of rotatable bonds is 5. The second kappa shape index (κ2) is 7.57. The lowest BCUT2D eigenvalue weighted by Gasteiger charge is -2.39. The van der Waals surface area contributed by atoms with Gasteiger partial charge >= 0.3 is 0 Å². The number of carbonyl (C=O) groups excluding carboxylic acids is 2. The average Bonchev–Trinajstić information content (AvgIpc) is 3.14. The molecule has 2 amide bonds. The first-order valence-corrected chi connectivity index (χ1v) is 9.50. The molecule has 2 atom stereocenters. The summed E-state index contributed by atoms with van der Waals surface area (Å²) in [5.41, 5.74) is 1.18. The van der Waals surface area contributed by atoms with Gasteiger partial charge in [-0.25, -0.2) is 4.98 Å². The van der Waals surface area contributed by atoms with Crippen molar-refractivity contribution >= 4 is 23.6 Å². The van der Waals surface area contributed by atoms with Crippen LogP contribution < -0.4 is 5.32 Å². The van der Waals surface area contributed by atoms with E-state index in [2.05, 4.69) is 26.8 Å². The minimum atomic E-state index is -0.0668. The summed E-state index contributed by atoms with van der Waals surface area (Å²) in [5.74, 6) is 1.45. The molecule has 7 nitrogen and oxygen atoms in total. The Balaban J connectivity index is 1.59. The molecule has 132 valence electrons. The molecule has 2 fully saturated rings. The predicted molar refractivity (Wildman–Crippen MR) is 93.4 cm³/mol. The average molecular weight is 351 g/mol. The molecule has 0 aliphatic carbocycles. The van der Waals surface area contributed by atoms with Crippen molar-refractivity contribution in [3.05, 3.63) is 18.2 Å². The van der Waals surface area contributed by atoms with Crippen molar-refractivity contribution in [3.8, 4) is 0 Å². The molecular weight excluding hydrogens is 326 g/mol. The summed E-state index contributed by atoms with van der Waals surface area (Å²) in [6.45, 7) is 1.86. The number of aromatic nitrogens is 2. The molecule has 0 unspecified atom stereocenters. The number of hydrogen-bond donors (Lipinski definition) is 1. The summed E-state index contributed by atoms with van der Waals surface area (Å²) in [6.07, 6.45) is 5.96. The van der Waals surface area contributed by atoms with E-state index in [0.717, 1.165) is 19.4 Å². The highest BCUT2D eigenvalue weighted by atomic mass is 32.2. The molecule has 8 heteroatoms. The second-order valence-corrected chi connectivity index (χ2v) is 7.59. The largest absolute Gasteiger partial charge is 0.354 e. The maximum Gasteiger partial charge on any atom is 0.239 e. The Labute approximate surface area is 146 Å². The third-order valence-corrected chi connectivity index (χ3v) is 5.83. The van der Waals surface area contributed by atoms with Crippen LogP contribution in [0.15, 0.2) is 12.5 Å². The normalized spacial score (nSPS) is 25.2. The molecule has 1 N–H and O–H groups in total. The van der Waals surface area contributed by atoms with E-state index in [0.29, 0.717) is 24.1 Å². The SMILES string of the molecule is CN1CCC[C@@H](CNC(=O)CN2CSCC2=O)[C@@H]1c1cncn1C. The predicted octanol–water partition coefficient (Wildman–Crippen LogP) is 0.452. The van der Waals surface area contributed by atoms with Gasteiger partial charge in [-0.2, -0.15) is 0 Å². The Hall–Kier alpha value is -1.54. The van der Waals surface area contributed by atoms with Gasteiger partial charge in [0.1, 0.15) is 6.54 Å². The maximum atomic E-state index is 12.2. The van der Waals surface area contributed by atoms with E-state index in [1.165, 1.54) is 5.69 Å². The molecule has 0 bridgehead atoms. The quantitative estimate of drug-likeness (QED) is 0.834. The minimum absolute atomic E-state index is 0.0558. The van der Waals surface area contributed by atoms with E-state index >= 15 is 0 Å². The van der Waals surface area contributed by atoms with Crippen LogP contribution in [0, 0.1) is 5.92 Å². The zero-order valence-corrected chi connectivity index (χ0v) is 15.1. The highest BCUT2D eigenvalue weighted by molar-refractivity contribution is 8.00. The fourth-order valence-electron chi connectivity index (χ4n) is 3.61. The molecule has 3 heterocycles. The Bertz CT molecular complexity index is 605. The number of amides is 2. The summed E-state index contributed by atoms with van der Waals surface area (Å²) in [5, 5.41) is 3.03. The molecular formula is C16H25N5O2S. The highest BCUT2D eigenvalue weighted by Crippen LogP contribution is 2.34. The smallest absolute Gasteiger partial charge is 0.239 e. The fraction of sp³-hybridized carbons (Fsp3) is 0.688. The number of carbonyl (C=O) groups is 2. The standard InChI is InChI=1S/C16H25N5O2S/c1-19-5-3-4-12(16(19)13-7-17-10-20(13)2)6-18-14(22)8-21-11-24-9-15(21)23/h7,10,12,16H,3-6,8-9,11H2,1-2H3,(H,18,22)/t12-,16+/m0/s1. The van der Waals surface area contributed by atoms with Crippen molar-refractivity contribution in [1.29, 1.82) is 0 Å². The van der Waals surface area contributed by atoms with Crippen molar-refractivity contribution in [3.63, 3.8) is 0 Å². The number of hydrogen-bond acceptors (Lipinski definition) is 5. The van der Waals surface area contributed by atoms with Gasteiger partial charge in [-0.1, -0.05) is 0 Å². The Kier molecular flexibility index (Phi) is 5.45. The van der Waals surface area contributed by atoms with E-state index < -0.39 is 0 Å². The maximum absolute atomic E-state index is 12.2. The molecule has 0 radical (unpaired) electrons. The lowest BCUT2D eigenvalue weighted by Crippen LogP contribution is -2.44. The van der Waals surface area contributed by atoms with Gasteiger partial charge in [0.05, 0.1) is 29.7 Å². The third kappa shape index (κ3) is 3.75. The minimum Gasteiger partial charge on any atom is -0.354 e. The number of nitrogens with zero attached hydrogens (tertiary/aromatic N) is 4. The first-order chi connectivity index (χ1) is 11.6. The fourth-order valence-corrected chi connectivity index (χ4v) is 4.51. The van der Waals surface area contributed by atoms with Crippen LogP contribution in [0.2, 0.25) is 0 Å². The number of thioether (sulfide) groups is 1. The zero-order valence-electron chi connectivity index (χ0n) is 14.3. The Morgan fingerprint density at radius 1 is 1.46 bits per heavy atom. The Morgan fingerprint density at radius 3 is 2.96 bits per heavy atom. The van der Waals surface area contributed by atoms with Crippen molar-refractivity contribution in [1.82, 2.24) is 24.7 Å². The summed E-state index contributed by atoms with van der Waals surface area (Å²) in [7, 11) is 4.14. The molecule has 2 aliphatic heterocycles. The summed E-state index contributed by atoms with van der Waals surface area (Å²) < 4.78 is 2.06. The molecule has 0 aromatic carbocycles. The van der Waals surface area contributed by atoms with Gasteiger partial charge in [0.2, 0.25) is 11.8 Å². The van der Waals surface area contributed by atoms with Crippen LogP contribution in [0.4, 0.5) is 0 Å². The first kappa shape index (κ1) is 17.3. The van der Waals surface area contributed by atoms with Crippen molar-refractivity contribution in [2.45, 2.75) is 18.9 Å². The molecule has 1 aromatic heterocycles. The first-order valence-electron chi connectivity index (χ1n) is 8.35. The van der Waals surface area contributed by atoms with Gasteiger partial charge in [-0.15, -0.1) is 11.8 Å². The topological polar surface area (TPSA) is 70.5 Å². The van der Waals surface area contributed by atoms with Crippen molar-refractivity contribution < 1.29 is 9.59 Å². The lowest BCUT2D eigenvalue weighted by molar-refractivity contribution is -0.132. The molecule has 2 aliphatic rings. The van der Waals surface area contributed by atoms with Crippen LogP contribution in [-0.4, -0.2) is 69.5 Å². The number of likely N-dealkylation sites (tertiary alicyclic amines) is 1. The summed E-state index contributed by atoms with van der Waals surface area (Å²) >= 11 is 1.56. The van der Waals surface area contributed by atoms with E-state index in [1.54, 1.807) is 16.7 Å². The van der Waals surface area contributed by atoms with Gasteiger partial charge in [-0.05, 0) is 32.4 Å². The summed E-state index contributed by atoms with van der Waals surface area (Å²) in [4.78, 5) is 32.0. The monoisotopic (exact) mass is 351 g/mol. The highest BCUT2D eigenvalue weighted by Gasteiger charge is 2.32. The summed E-state index contributed by atoms with van der Waals surface area (Å²) in [6, 6.07) is 0.260. The van der Waals surface area contributed by atoms with E-state index in [9.17, 15) is 9.59 Å². The molecule has 1 aromatic rings.